The summed E-state index contributed by atoms with van der Waals surface area (Å²) in [6.07, 6.45) is 18.6. The van der Waals surface area contributed by atoms with Crippen molar-refractivity contribution >= 4 is 77.8 Å². The zero-order chi connectivity index (χ0) is 23.6. The Labute approximate surface area is 223 Å². The van der Waals surface area contributed by atoms with Crippen molar-refractivity contribution in [2.24, 2.45) is 0 Å². The van der Waals surface area contributed by atoms with E-state index in [4.69, 9.17) is 0 Å². The van der Waals surface area contributed by atoms with E-state index in [9.17, 15) is 0 Å². The SMILES string of the molecule is CCCCCCCCCCC1=CC=C(c2cc3cc4cc5cc6sccc6cc5cc4cc3[te]2)C1. The van der Waals surface area contributed by atoms with Gasteiger partial charge in [-0.1, -0.05) is 13.3 Å². The van der Waals surface area contributed by atoms with Crippen LogP contribution in [0, 0.1) is 0 Å². The van der Waals surface area contributed by atoms with Gasteiger partial charge in [-0.15, -0.1) is 0 Å². The van der Waals surface area contributed by atoms with Crippen LogP contribution in [0.5, 0.6) is 0 Å². The van der Waals surface area contributed by atoms with Crippen LogP contribution < -0.4 is 0 Å². The second kappa shape index (κ2) is 10.6. The first-order valence-electron chi connectivity index (χ1n) is 13.4. The molecule has 0 bridgehead atoms. The Morgan fingerprint density at radius 2 is 1.37 bits per heavy atom. The summed E-state index contributed by atoms with van der Waals surface area (Å²) in [4.78, 5) is 0. The molecule has 0 radical (unpaired) electrons. The van der Waals surface area contributed by atoms with Crippen molar-refractivity contribution in [1.82, 2.24) is 0 Å². The van der Waals surface area contributed by atoms with E-state index in [1.807, 2.05) is 11.3 Å². The van der Waals surface area contributed by atoms with Crippen molar-refractivity contribution in [2.75, 3.05) is 0 Å². The number of fused-ring (bicyclic) bond motifs is 4. The average Bonchev–Trinajstić information content (AvgIpc) is 3.60. The minimum atomic E-state index is -0.294. The van der Waals surface area contributed by atoms with Gasteiger partial charge in [-0.2, -0.15) is 0 Å². The second-order valence-corrected chi connectivity index (χ2v) is 14.3. The summed E-state index contributed by atoms with van der Waals surface area (Å²) in [5.74, 6) is 0. The molecule has 178 valence electrons. The zero-order valence-electron chi connectivity index (χ0n) is 20.7. The van der Waals surface area contributed by atoms with Crippen molar-refractivity contribution < 1.29 is 0 Å². The monoisotopic (exact) mass is 592 g/mol. The molecule has 3 aromatic carbocycles. The van der Waals surface area contributed by atoms with Crippen LogP contribution in [0.15, 0.2) is 71.6 Å². The maximum absolute atomic E-state index is 2.52. The molecule has 5 aromatic rings. The number of unbranched alkanes of at least 4 members (excludes halogenated alkanes) is 7. The van der Waals surface area contributed by atoms with E-state index in [-0.39, 0.29) is 20.4 Å². The van der Waals surface area contributed by atoms with Crippen molar-refractivity contribution in [1.29, 1.82) is 0 Å². The second-order valence-electron chi connectivity index (χ2n) is 10.3. The van der Waals surface area contributed by atoms with Crippen molar-refractivity contribution in [3.8, 4) is 0 Å². The summed E-state index contributed by atoms with van der Waals surface area (Å²) in [6, 6.07) is 19.2. The molecule has 1 aliphatic rings. The van der Waals surface area contributed by atoms with Crippen LogP contribution in [0.25, 0.3) is 46.0 Å². The third-order valence-corrected chi connectivity index (χ3v) is 11.8. The molecule has 0 saturated heterocycles. The van der Waals surface area contributed by atoms with Crippen molar-refractivity contribution in [3.63, 3.8) is 0 Å². The first kappa shape index (κ1) is 23.5. The topological polar surface area (TPSA) is 0 Å². The van der Waals surface area contributed by atoms with Gasteiger partial charge in [0, 0.05) is 0 Å². The molecule has 0 spiro atoms. The van der Waals surface area contributed by atoms with E-state index in [1.54, 1.807) is 18.1 Å². The summed E-state index contributed by atoms with van der Waals surface area (Å²) >= 11 is 1.54. The van der Waals surface area contributed by atoms with Gasteiger partial charge >= 0.3 is 211 Å². The number of allylic oxidation sites excluding steroid dienone is 4. The Bertz CT molecular complexity index is 1470. The Morgan fingerprint density at radius 3 is 2.20 bits per heavy atom. The van der Waals surface area contributed by atoms with Gasteiger partial charge in [-0.3, -0.25) is 0 Å². The summed E-state index contributed by atoms with van der Waals surface area (Å²) in [7, 11) is 0. The predicted octanol–water partition coefficient (Wildman–Crippen LogP) is 10.7. The van der Waals surface area contributed by atoms with E-state index < -0.39 is 0 Å². The predicted molar refractivity (Wildman–Crippen MR) is 159 cm³/mol. The van der Waals surface area contributed by atoms with Crippen LogP contribution >= 0.6 is 11.3 Å². The fourth-order valence-electron chi connectivity index (χ4n) is 5.56. The van der Waals surface area contributed by atoms with E-state index >= 15 is 0 Å². The standard InChI is InChI=1S/C33H34STe/c1-2-3-4-5-6-7-8-9-10-23-11-12-25(15-23)32-22-30-19-27-17-28-20-31-24(13-14-34-31)16-26(28)18-29(27)21-33(30)35-32/h11-14,16-22H,2-10,15H2,1H3. The Balaban J connectivity index is 1.12. The number of benzene rings is 3. The molecule has 2 aromatic heterocycles. The fourth-order valence-corrected chi connectivity index (χ4v) is 9.57. The van der Waals surface area contributed by atoms with Crippen LogP contribution in [0.1, 0.15) is 74.7 Å². The molecule has 0 nitrogen and oxygen atoms in total. The molecule has 2 heterocycles. The third kappa shape index (κ3) is 5.17. The molecular weight excluding hydrogens is 556 g/mol. The van der Waals surface area contributed by atoms with Gasteiger partial charge in [0.05, 0.1) is 0 Å². The Hall–Kier alpha value is -1.85. The van der Waals surface area contributed by atoms with Gasteiger partial charge in [0.15, 0.2) is 0 Å². The van der Waals surface area contributed by atoms with Gasteiger partial charge in [0.2, 0.25) is 0 Å². The maximum atomic E-state index is 2.52. The number of hydrogen-bond donors (Lipinski definition) is 0. The summed E-state index contributed by atoms with van der Waals surface area (Å²) < 4.78 is 4.66. The summed E-state index contributed by atoms with van der Waals surface area (Å²) in [5.41, 5.74) is 3.26. The quantitative estimate of drug-likeness (QED) is 0.0863. The number of thiophene rings is 1. The van der Waals surface area contributed by atoms with E-state index in [1.165, 1.54) is 101 Å². The van der Waals surface area contributed by atoms with Gasteiger partial charge in [-0.25, -0.2) is 0 Å². The van der Waals surface area contributed by atoms with Crippen molar-refractivity contribution in [3.05, 3.63) is 75.2 Å². The van der Waals surface area contributed by atoms with Crippen LogP contribution in [-0.4, -0.2) is 20.4 Å². The molecule has 0 aliphatic heterocycles. The molecule has 0 saturated carbocycles. The molecule has 6 rings (SSSR count). The molecule has 2 heteroatoms. The third-order valence-electron chi connectivity index (χ3n) is 7.61. The normalized spacial score (nSPS) is 14.0. The molecule has 0 fully saturated rings. The molecule has 0 N–H and O–H groups in total. The average molecular weight is 590 g/mol. The van der Waals surface area contributed by atoms with Gasteiger partial charge in [0.25, 0.3) is 0 Å². The van der Waals surface area contributed by atoms with E-state index in [0.717, 1.165) is 0 Å². The first-order valence-corrected chi connectivity index (χ1v) is 16.7. The number of hydrogen-bond acceptors (Lipinski definition) is 1. The van der Waals surface area contributed by atoms with Gasteiger partial charge in [0.1, 0.15) is 0 Å². The minimum absolute atomic E-state index is 0.294. The van der Waals surface area contributed by atoms with Crippen molar-refractivity contribution in [2.45, 2.75) is 71.1 Å². The molecule has 35 heavy (non-hydrogen) atoms. The Morgan fingerprint density at radius 1 is 0.686 bits per heavy atom. The number of rotatable bonds is 10. The zero-order valence-corrected chi connectivity index (χ0v) is 23.9. The van der Waals surface area contributed by atoms with E-state index in [0.29, 0.717) is 0 Å². The first-order chi connectivity index (χ1) is 17.3. The molecule has 0 atom stereocenters. The fraction of sp³-hybridized carbons (Fsp3) is 0.333. The summed E-state index contributed by atoms with van der Waals surface area (Å²) in [6.45, 7) is 2.30. The van der Waals surface area contributed by atoms with Crippen LogP contribution in [0.3, 0.4) is 0 Å². The summed E-state index contributed by atoms with van der Waals surface area (Å²) in [5, 5.41) is 10.5. The van der Waals surface area contributed by atoms with E-state index in [2.05, 4.69) is 73.0 Å². The Kier molecular flexibility index (Phi) is 7.16. The van der Waals surface area contributed by atoms with Crippen LogP contribution in [-0.2, 0) is 0 Å². The van der Waals surface area contributed by atoms with Gasteiger partial charge in [-0.05, 0) is 0 Å². The molecule has 1 aliphatic carbocycles. The van der Waals surface area contributed by atoms with Crippen LogP contribution in [0.4, 0.5) is 0 Å². The van der Waals surface area contributed by atoms with Gasteiger partial charge < -0.3 is 0 Å². The molecular formula is C33H34STe. The molecule has 0 unspecified atom stereocenters. The van der Waals surface area contributed by atoms with Crippen LogP contribution in [0.2, 0.25) is 0 Å². The molecule has 0 amide bonds.